The molecule has 0 spiro atoms. The number of rotatable bonds is 5. The Morgan fingerprint density at radius 2 is 1.86 bits per heavy atom. The van der Waals surface area contributed by atoms with E-state index in [1.807, 2.05) is 62.4 Å². The summed E-state index contributed by atoms with van der Waals surface area (Å²) in [6.07, 6.45) is 2.19. The third kappa shape index (κ3) is 4.37. The first kappa shape index (κ1) is 18.9. The molecule has 1 heterocycles. The fourth-order valence-corrected chi connectivity index (χ4v) is 3.21. The molecule has 1 aromatic heterocycles. The van der Waals surface area contributed by atoms with Crippen molar-refractivity contribution in [2.45, 2.75) is 32.6 Å². The highest BCUT2D eigenvalue weighted by molar-refractivity contribution is 6.06. The topological polar surface area (TPSA) is 80.3 Å². The van der Waals surface area contributed by atoms with Gasteiger partial charge in [-0.25, -0.2) is 0 Å². The van der Waals surface area contributed by atoms with Gasteiger partial charge < -0.3 is 4.74 Å². The molecule has 3 aromatic rings. The number of benzene rings is 2. The van der Waals surface area contributed by atoms with Crippen LogP contribution in [0.3, 0.4) is 0 Å². The number of hydrogen-bond donors (Lipinski definition) is 2. The Morgan fingerprint density at radius 1 is 1.07 bits per heavy atom. The molecule has 2 aromatic carbocycles. The second-order valence-electron chi connectivity index (χ2n) is 7.45. The van der Waals surface area contributed by atoms with Gasteiger partial charge in [0.1, 0.15) is 5.75 Å². The van der Waals surface area contributed by atoms with E-state index >= 15 is 0 Å². The van der Waals surface area contributed by atoms with Crippen LogP contribution in [0.1, 0.15) is 45.9 Å². The summed E-state index contributed by atoms with van der Waals surface area (Å²) in [4.78, 5) is 29.5. The minimum absolute atomic E-state index is 0.186. The van der Waals surface area contributed by atoms with E-state index in [-0.39, 0.29) is 12.5 Å². The van der Waals surface area contributed by atoms with Crippen molar-refractivity contribution in [1.29, 1.82) is 0 Å². The van der Waals surface area contributed by atoms with Crippen LogP contribution in [0, 0.1) is 13.8 Å². The molecule has 1 aliphatic carbocycles. The highest BCUT2D eigenvalue weighted by atomic mass is 16.5. The number of hydrazine groups is 1. The lowest BCUT2D eigenvalue weighted by molar-refractivity contribution is -0.123. The van der Waals surface area contributed by atoms with Crippen LogP contribution >= 0.6 is 0 Å². The molecule has 0 radical (unpaired) electrons. The molecule has 29 heavy (non-hydrogen) atoms. The largest absolute Gasteiger partial charge is 0.483 e. The van der Waals surface area contributed by atoms with E-state index in [1.165, 1.54) is 0 Å². The number of fused-ring (bicyclic) bond motifs is 1. The molecule has 1 aliphatic rings. The summed E-state index contributed by atoms with van der Waals surface area (Å²) < 4.78 is 5.57. The van der Waals surface area contributed by atoms with Crippen LogP contribution in [0.5, 0.6) is 5.75 Å². The fourth-order valence-electron chi connectivity index (χ4n) is 3.21. The van der Waals surface area contributed by atoms with Crippen molar-refractivity contribution in [2.75, 3.05) is 6.61 Å². The number of ether oxygens (including phenoxy) is 1. The molecule has 6 nitrogen and oxygen atoms in total. The normalized spacial score (nSPS) is 13.2. The van der Waals surface area contributed by atoms with Gasteiger partial charge >= 0.3 is 0 Å². The first-order valence-corrected chi connectivity index (χ1v) is 9.70. The third-order valence-corrected chi connectivity index (χ3v) is 4.99. The van der Waals surface area contributed by atoms with Gasteiger partial charge in [0, 0.05) is 17.0 Å². The van der Waals surface area contributed by atoms with Gasteiger partial charge in [-0.3, -0.25) is 25.4 Å². The first-order valence-electron chi connectivity index (χ1n) is 9.70. The quantitative estimate of drug-likeness (QED) is 0.654. The maximum Gasteiger partial charge on any atom is 0.276 e. The van der Waals surface area contributed by atoms with Gasteiger partial charge in [-0.15, -0.1) is 0 Å². The van der Waals surface area contributed by atoms with Gasteiger partial charge in [0.2, 0.25) is 0 Å². The molecule has 0 aliphatic heterocycles. The summed E-state index contributed by atoms with van der Waals surface area (Å²) in [6, 6.07) is 15.2. The summed E-state index contributed by atoms with van der Waals surface area (Å²) in [5.74, 6) is 0.276. The fraction of sp³-hybridized carbons (Fsp3) is 0.261. The zero-order valence-electron chi connectivity index (χ0n) is 16.5. The number of aromatic nitrogens is 1. The number of aryl methyl sites for hydroxylation is 2. The molecule has 4 rings (SSSR count). The average molecular weight is 389 g/mol. The Morgan fingerprint density at radius 3 is 2.66 bits per heavy atom. The molecule has 6 heteroatoms. The van der Waals surface area contributed by atoms with Crippen LogP contribution in [0.2, 0.25) is 0 Å². The minimum atomic E-state index is -0.431. The molecule has 2 N–H and O–H groups in total. The van der Waals surface area contributed by atoms with Gasteiger partial charge in [0.25, 0.3) is 11.8 Å². The number of carbonyl (C=O) groups is 2. The predicted octanol–water partition coefficient (Wildman–Crippen LogP) is 3.57. The van der Waals surface area contributed by atoms with E-state index < -0.39 is 5.91 Å². The molecule has 0 bridgehead atoms. The number of amides is 2. The lowest BCUT2D eigenvalue weighted by Gasteiger charge is -2.12. The van der Waals surface area contributed by atoms with Crippen molar-refractivity contribution in [2.24, 2.45) is 0 Å². The van der Waals surface area contributed by atoms with E-state index in [1.54, 1.807) is 0 Å². The Labute approximate surface area is 169 Å². The van der Waals surface area contributed by atoms with Crippen molar-refractivity contribution in [3.8, 4) is 5.75 Å². The van der Waals surface area contributed by atoms with Crippen LogP contribution in [-0.4, -0.2) is 23.4 Å². The predicted molar refractivity (Wildman–Crippen MR) is 111 cm³/mol. The molecule has 0 atom stereocenters. The molecule has 0 unspecified atom stereocenters. The van der Waals surface area contributed by atoms with Gasteiger partial charge in [-0.05, 0) is 56.0 Å². The highest BCUT2D eigenvalue weighted by Crippen LogP contribution is 2.40. The average Bonchev–Trinajstić information content (AvgIpc) is 3.57. The highest BCUT2D eigenvalue weighted by Gasteiger charge is 2.27. The number of para-hydroxylation sites is 1. The maximum absolute atomic E-state index is 12.7. The minimum Gasteiger partial charge on any atom is -0.483 e. The lowest BCUT2D eigenvalue weighted by atomic mass is 10.1. The molecule has 1 fully saturated rings. The summed E-state index contributed by atoms with van der Waals surface area (Å²) in [5.41, 5.74) is 9.14. The number of hydrogen-bond acceptors (Lipinski definition) is 4. The Bertz CT molecular complexity index is 1090. The summed E-state index contributed by atoms with van der Waals surface area (Å²) in [6.45, 7) is 3.69. The summed E-state index contributed by atoms with van der Waals surface area (Å²) in [5, 5.41) is 0.760. The van der Waals surface area contributed by atoms with Crippen LogP contribution in [0.15, 0.2) is 48.5 Å². The van der Waals surface area contributed by atoms with E-state index in [9.17, 15) is 9.59 Å². The number of nitrogens with one attached hydrogen (secondary N) is 2. The number of nitrogens with zero attached hydrogens (tertiary/aromatic N) is 1. The van der Waals surface area contributed by atoms with Crippen molar-refractivity contribution in [3.05, 3.63) is 70.9 Å². The summed E-state index contributed by atoms with van der Waals surface area (Å²) >= 11 is 0. The number of pyridine rings is 1. The Balaban J connectivity index is 1.42. The SMILES string of the molecule is Cc1ccc(C)c(OCC(=O)NNC(=O)c2cc(C3CC3)nc3ccccc23)c1. The van der Waals surface area contributed by atoms with Crippen LogP contribution in [0.25, 0.3) is 10.9 Å². The van der Waals surface area contributed by atoms with Gasteiger partial charge in [-0.1, -0.05) is 30.3 Å². The van der Waals surface area contributed by atoms with Gasteiger partial charge in [0.05, 0.1) is 11.1 Å². The van der Waals surface area contributed by atoms with Crippen molar-refractivity contribution in [3.63, 3.8) is 0 Å². The lowest BCUT2D eigenvalue weighted by Crippen LogP contribution is -2.44. The van der Waals surface area contributed by atoms with Crippen LogP contribution in [-0.2, 0) is 4.79 Å². The van der Waals surface area contributed by atoms with Crippen molar-refractivity contribution in [1.82, 2.24) is 15.8 Å². The second-order valence-corrected chi connectivity index (χ2v) is 7.45. The van der Waals surface area contributed by atoms with Crippen LogP contribution in [0.4, 0.5) is 0 Å². The molecule has 2 amide bonds. The van der Waals surface area contributed by atoms with E-state index in [4.69, 9.17) is 4.74 Å². The maximum atomic E-state index is 12.7. The van der Waals surface area contributed by atoms with Crippen molar-refractivity contribution < 1.29 is 14.3 Å². The number of carbonyl (C=O) groups excluding carboxylic acids is 2. The van der Waals surface area contributed by atoms with E-state index in [0.717, 1.165) is 40.6 Å². The van der Waals surface area contributed by atoms with Crippen molar-refractivity contribution >= 4 is 22.7 Å². The molecular formula is C23H23N3O3. The smallest absolute Gasteiger partial charge is 0.276 e. The Hall–Kier alpha value is -3.41. The van der Waals surface area contributed by atoms with Gasteiger partial charge in [-0.2, -0.15) is 0 Å². The molecular weight excluding hydrogens is 366 g/mol. The monoisotopic (exact) mass is 389 g/mol. The summed E-state index contributed by atoms with van der Waals surface area (Å²) in [7, 11) is 0. The second kappa shape index (κ2) is 7.91. The standard InChI is InChI=1S/C23H23N3O3/c1-14-7-8-15(2)21(11-14)29-13-22(27)25-26-23(28)18-12-20(16-9-10-16)24-19-6-4-3-5-17(18)19/h3-8,11-12,16H,9-10,13H2,1-2H3,(H,25,27)(H,26,28). The zero-order chi connectivity index (χ0) is 20.4. The molecule has 1 saturated carbocycles. The van der Waals surface area contributed by atoms with E-state index in [2.05, 4.69) is 15.8 Å². The van der Waals surface area contributed by atoms with Gasteiger partial charge in [0.15, 0.2) is 6.61 Å². The molecule has 0 saturated heterocycles. The zero-order valence-corrected chi connectivity index (χ0v) is 16.5. The molecule has 148 valence electrons. The Kier molecular flexibility index (Phi) is 5.16. The van der Waals surface area contributed by atoms with Crippen LogP contribution < -0.4 is 15.6 Å². The van der Waals surface area contributed by atoms with E-state index in [0.29, 0.717) is 17.2 Å². The third-order valence-electron chi connectivity index (χ3n) is 4.99. The first-order chi connectivity index (χ1) is 14.0.